The van der Waals surface area contributed by atoms with Crippen molar-refractivity contribution in [3.05, 3.63) is 53.2 Å². The van der Waals surface area contributed by atoms with Gasteiger partial charge in [0.2, 0.25) is 11.8 Å². The molecular formula is C19H18FN7O. The lowest BCUT2D eigenvalue weighted by Crippen LogP contribution is -2.37. The molecule has 1 amide bonds. The minimum absolute atomic E-state index is 0.186. The molecule has 0 radical (unpaired) electrons. The van der Waals surface area contributed by atoms with E-state index in [1.54, 1.807) is 21.7 Å². The molecule has 0 saturated heterocycles. The number of amides is 1. The van der Waals surface area contributed by atoms with Gasteiger partial charge in [0.05, 0.1) is 11.4 Å². The number of nitrogens with one attached hydrogen (secondary N) is 1. The third-order valence-corrected chi connectivity index (χ3v) is 5.06. The number of hydrogen-bond acceptors (Lipinski definition) is 6. The van der Waals surface area contributed by atoms with E-state index in [1.807, 2.05) is 6.07 Å². The average Bonchev–Trinajstić information content (AvgIpc) is 3.17. The Bertz CT molecular complexity index is 1020. The summed E-state index contributed by atoms with van der Waals surface area (Å²) in [5, 5.41) is 16.1. The van der Waals surface area contributed by atoms with Gasteiger partial charge in [0, 0.05) is 38.2 Å². The Morgan fingerprint density at radius 3 is 2.82 bits per heavy atom. The molecule has 0 aliphatic carbocycles. The molecule has 0 unspecified atom stereocenters. The summed E-state index contributed by atoms with van der Waals surface area (Å²) < 4.78 is 14.9. The topological polar surface area (TPSA) is 88.8 Å². The van der Waals surface area contributed by atoms with Gasteiger partial charge in [0.25, 0.3) is 5.91 Å². The molecule has 4 heterocycles. The van der Waals surface area contributed by atoms with Gasteiger partial charge >= 0.3 is 0 Å². The van der Waals surface area contributed by atoms with Gasteiger partial charge in [0.1, 0.15) is 5.82 Å². The lowest BCUT2D eigenvalue weighted by Gasteiger charge is -2.27. The minimum Gasteiger partial charge on any atom is -0.354 e. The van der Waals surface area contributed by atoms with Crippen LogP contribution in [0.1, 0.15) is 28.3 Å². The number of carbonyl (C=O) groups excluding carboxylic acids is 1. The number of carbonyl (C=O) groups is 1. The van der Waals surface area contributed by atoms with Gasteiger partial charge in [-0.1, -0.05) is 0 Å². The van der Waals surface area contributed by atoms with Crippen molar-refractivity contribution in [3.63, 3.8) is 0 Å². The molecule has 0 fully saturated rings. The summed E-state index contributed by atoms with van der Waals surface area (Å²) in [5.74, 6) is 0.385. The highest BCUT2D eigenvalue weighted by Crippen LogP contribution is 2.24. The number of rotatable bonds is 2. The number of aromatic nitrogens is 5. The number of anilines is 1. The first-order chi connectivity index (χ1) is 13.7. The lowest BCUT2D eigenvalue weighted by molar-refractivity contribution is 0.0720. The predicted molar refractivity (Wildman–Crippen MR) is 99.0 cm³/mol. The van der Waals surface area contributed by atoms with Crippen molar-refractivity contribution < 1.29 is 9.18 Å². The van der Waals surface area contributed by atoms with Crippen molar-refractivity contribution in [1.29, 1.82) is 0 Å². The van der Waals surface area contributed by atoms with Crippen molar-refractivity contribution in [2.45, 2.75) is 25.9 Å². The van der Waals surface area contributed by atoms with Crippen LogP contribution in [-0.2, 0) is 19.5 Å². The van der Waals surface area contributed by atoms with Crippen molar-refractivity contribution >= 4 is 11.9 Å². The van der Waals surface area contributed by atoms with Crippen molar-refractivity contribution in [2.75, 3.05) is 18.4 Å². The second-order valence-corrected chi connectivity index (χ2v) is 6.95. The normalized spacial score (nSPS) is 15.5. The van der Waals surface area contributed by atoms with E-state index >= 15 is 0 Å². The van der Waals surface area contributed by atoms with Gasteiger partial charge in [-0.05, 0) is 42.3 Å². The fourth-order valence-corrected chi connectivity index (χ4v) is 3.55. The first-order valence-electron chi connectivity index (χ1n) is 9.27. The molecule has 2 aromatic heterocycles. The van der Waals surface area contributed by atoms with Crippen LogP contribution < -0.4 is 5.32 Å². The molecule has 0 bridgehead atoms. The van der Waals surface area contributed by atoms with E-state index in [-0.39, 0.29) is 17.5 Å². The van der Waals surface area contributed by atoms with Crippen molar-refractivity contribution in [1.82, 2.24) is 29.9 Å². The largest absolute Gasteiger partial charge is 0.354 e. The maximum atomic E-state index is 13.2. The molecule has 1 aromatic carbocycles. The van der Waals surface area contributed by atoms with Crippen LogP contribution in [0.15, 0.2) is 30.3 Å². The predicted octanol–water partition coefficient (Wildman–Crippen LogP) is 1.89. The molecule has 8 nitrogen and oxygen atoms in total. The summed E-state index contributed by atoms with van der Waals surface area (Å²) in [4.78, 5) is 19.0. The summed E-state index contributed by atoms with van der Waals surface area (Å²) in [6.45, 7) is 2.58. The molecule has 9 heteroatoms. The molecule has 2 aliphatic heterocycles. The van der Waals surface area contributed by atoms with Gasteiger partial charge in [0.15, 0.2) is 0 Å². The second-order valence-electron chi connectivity index (χ2n) is 6.95. The first-order valence-corrected chi connectivity index (χ1v) is 9.27. The smallest absolute Gasteiger partial charge is 0.293 e. The van der Waals surface area contributed by atoms with E-state index < -0.39 is 0 Å². The molecular weight excluding hydrogens is 361 g/mol. The van der Waals surface area contributed by atoms with Gasteiger partial charge in [-0.25, -0.2) is 9.07 Å². The number of halogens is 1. The Morgan fingerprint density at radius 2 is 2.00 bits per heavy atom. The Hall–Kier alpha value is -3.36. The monoisotopic (exact) mass is 379 g/mol. The number of aryl methyl sites for hydroxylation is 1. The molecule has 0 spiro atoms. The number of benzene rings is 1. The molecule has 142 valence electrons. The van der Waals surface area contributed by atoms with E-state index in [9.17, 15) is 9.18 Å². The zero-order valence-electron chi connectivity index (χ0n) is 15.1. The first kappa shape index (κ1) is 16.8. The maximum Gasteiger partial charge on any atom is 0.293 e. The van der Waals surface area contributed by atoms with Gasteiger partial charge in [-0.15, -0.1) is 5.10 Å². The van der Waals surface area contributed by atoms with Crippen LogP contribution in [-0.4, -0.2) is 48.9 Å². The summed E-state index contributed by atoms with van der Waals surface area (Å²) in [6.07, 6.45) is 1.59. The summed E-state index contributed by atoms with van der Waals surface area (Å²) in [6, 6.07) is 8.05. The molecule has 5 rings (SSSR count). The third-order valence-electron chi connectivity index (χ3n) is 5.06. The zero-order valence-corrected chi connectivity index (χ0v) is 15.1. The van der Waals surface area contributed by atoms with Crippen LogP contribution in [0.25, 0.3) is 11.3 Å². The van der Waals surface area contributed by atoms with Crippen LogP contribution in [0, 0.1) is 5.82 Å². The summed E-state index contributed by atoms with van der Waals surface area (Å²) in [7, 11) is 0. The van der Waals surface area contributed by atoms with E-state index in [4.69, 9.17) is 0 Å². The van der Waals surface area contributed by atoms with Crippen LogP contribution in [0.5, 0.6) is 0 Å². The second kappa shape index (κ2) is 6.66. The quantitative estimate of drug-likeness (QED) is 0.731. The number of fused-ring (bicyclic) bond motifs is 2. The molecule has 2 aliphatic rings. The van der Waals surface area contributed by atoms with E-state index in [2.05, 4.69) is 25.6 Å². The van der Waals surface area contributed by atoms with E-state index in [0.29, 0.717) is 31.2 Å². The minimum atomic E-state index is -0.295. The van der Waals surface area contributed by atoms with Crippen molar-refractivity contribution in [3.8, 4) is 11.3 Å². The number of hydrogen-bond donors (Lipinski definition) is 1. The highest BCUT2D eigenvalue weighted by molar-refractivity contribution is 5.91. The number of nitrogens with zero attached hydrogens (tertiary/aromatic N) is 6. The van der Waals surface area contributed by atoms with Crippen LogP contribution in [0.2, 0.25) is 0 Å². The third kappa shape index (κ3) is 2.98. The van der Waals surface area contributed by atoms with Crippen LogP contribution >= 0.6 is 0 Å². The van der Waals surface area contributed by atoms with Crippen LogP contribution in [0.4, 0.5) is 10.3 Å². The Morgan fingerprint density at radius 1 is 1.14 bits per heavy atom. The van der Waals surface area contributed by atoms with E-state index in [0.717, 1.165) is 36.3 Å². The highest BCUT2D eigenvalue weighted by atomic mass is 19.1. The van der Waals surface area contributed by atoms with E-state index in [1.165, 1.54) is 12.1 Å². The molecule has 28 heavy (non-hydrogen) atoms. The standard InChI is InChI=1S/C19H18FN7O/c20-14-4-2-12(3-5-14)16-10-13-11-26(9-6-15(13)23-24-16)18(28)17-22-19-21-7-1-8-27(19)25-17/h2-5,10H,1,6-9,11H2,(H,21,22,25). The van der Waals surface area contributed by atoms with Crippen LogP contribution in [0.3, 0.4) is 0 Å². The molecule has 0 saturated carbocycles. The van der Waals surface area contributed by atoms with Crippen molar-refractivity contribution in [2.24, 2.45) is 0 Å². The lowest BCUT2D eigenvalue weighted by atomic mass is 10.0. The SMILES string of the molecule is O=C(c1nc2n(n1)CCCN2)N1CCc2nnc(-c3ccc(F)cc3)cc2C1. The molecule has 0 atom stereocenters. The Balaban J connectivity index is 1.39. The van der Waals surface area contributed by atoms with Gasteiger partial charge < -0.3 is 10.2 Å². The highest BCUT2D eigenvalue weighted by Gasteiger charge is 2.27. The Kier molecular flexibility index (Phi) is 4.00. The molecule has 3 aromatic rings. The summed E-state index contributed by atoms with van der Waals surface area (Å²) in [5.41, 5.74) is 3.27. The van der Waals surface area contributed by atoms with Gasteiger partial charge in [-0.3, -0.25) is 4.79 Å². The van der Waals surface area contributed by atoms with Gasteiger partial charge in [-0.2, -0.15) is 15.2 Å². The summed E-state index contributed by atoms with van der Waals surface area (Å²) >= 11 is 0. The fourth-order valence-electron chi connectivity index (χ4n) is 3.55. The average molecular weight is 379 g/mol. The maximum absolute atomic E-state index is 13.2. The molecule has 1 N–H and O–H groups in total. The zero-order chi connectivity index (χ0) is 19.1. The Labute approximate surface area is 160 Å². The fraction of sp³-hybridized carbons (Fsp3) is 0.316.